The van der Waals surface area contributed by atoms with Crippen LogP contribution >= 0.6 is 0 Å². The summed E-state index contributed by atoms with van der Waals surface area (Å²) in [4.78, 5) is 11.5. The molecule has 6 nitrogen and oxygen atoms in total. The van der Waals surface area contributed by atoms with Crippen LogP contribution in [0.25, 0.3) is 0 Å². The van der Waals surface area contributed by atoms with Crippen LogP contribution in [0.15, 0.2) is 29.4 Å². The maximum absolute atomic E-state index is 5.37. The van der Waals surface area contributed by atoms with E-state index in [2.05, 4.69) is 38.5 Å². The molecule has 0 unspecified atom stereocenters. The summed E-state index contributed by atoms with van der Waals surface area (Å²) < 4.78 is 5.37. The lowest BCUT2D eigenvalue weighted by molar-refractivity contribution is 0.0373. The third-order valence-corrected chi connectivity index (χ3v) is 4.00. The molecule has 1 saturated heterocycles. The van der Waals surface area contributed by atoms with Crippen LogP contribution in [0.3, 0.4) is 0 Å². The van der Waals surface area contributed by atoms with Gasteiger partial charge in [0.15, 0.2) is 5.96 Å². The normalized spacial score (nSPS) is 16.1. The number of ether oxygens (including phenoxy) is 1. The highest BCUT2D eigenvalue weighted by Gasteiger charge is 2.08. The molecule has 0 saturated carbocycles. The Morgan fingerprint density at radius 1 is 1.25 bits per heavy atom. The Balaban J connectivity index is 1.60. The molecule has 1 aliphatic rings. The summed E-state index contributed by atoms with van der Waals surface area (Å²) >= 11 is 0. The summed E-state index contributed by atoms with van der Waals surface area (Å²) in [6, 6.07) is 6.02. The minimum Gasteiger partial charge on any atom is -0.379 e. The molecule has 1 aromatic rings. The lowest BCUT2D eigenvalue weighted by Crippen LogP contribution is -2.38. The van der Waals surface area contributed by atoms with E-state index < -0.39 is 0 Å². The van der Waals surface area contributed by atoms with Crippen molar-refractivity contribution in [3.63, 3.8) is 0 Å². The third-order valence-electron chi connectivity index (χ3n) is 4.00. The molecule has 1 fully saturated rings. The van der Waals surface area contributed by atoms with Crippen molar-refractivity contribution in [1.82, 2.24) is 20.5 Å². The van der Waals surface area contributed by atoms with Crippen molar-refractivity contribution in [1.29, 1.82) is 0 Å². The van der Waals surface area contributed by atoms with Gasteiger partial charge in [-0.1, -0.05) is 6.07 Å². The largest absolute Gasteiger partial charge is 0.379 e. The Morgan fingerprint density at radius 2 is 2.12 bits per heavy atom. The molecule has 2 rings (SSSR count). The fourth-order valence-corrected chi connectivity index (χ4v) is 2.66. The van der Waals surface area contributed by atoms with Crippen LogP contribution in [0.4, 0.5) is 0 Å². The zero-order chi connectivity index (χ0) is 16.9. The first kappa shape index (κ1) is 18.7. The van der Waals surface area contributed by atoms with E-state index in [-0.39, 0.29) is 0 Å². The maximum Gasteiger partial charge on any atom is 0.191 e. The predicted molar refractivity (Wildman–Crippen MR) is 98.4 cm³/mol. The van der Waals surface area contributed by atoms with Gasteiger partial charge in [0.25, 0.3) is 0 Å². The molecule has 2 N–H and O–H groups in total. The second-order valence-electron chi connectivity index (χ2n) is 5.92. The Labute approximate surface area is 145 Å². The molecule has 134 valence electrons. The number of unbranched alkanes of at least 4 members (excludes halogenated alkanes) is 1. The molecule has 0 bridgehead atoms. The SMILES string of the molecule is CCNC(=NCCCCN1CCOCC1)NCCc1ccccn1. The highest BCUT2D eigenvalue weighted by Crippen LogP contribution is 2.00. The van der Waals surface area contributed by atoms with Crippen LogP contribution in [-0.4, -0.2) is 68.3 Å². The number of rotatable bonds is 9. The second-order valence-corrected chi connectivity index (χ2v) is 5.92. The van der Waals surface area contributed by atoms with Gasteiger partial charge in [0.1, 0.15) is 0 Å². The van der Waals surface area contributed by atoms with Gasteiger partial charge in [0.05, 0.1) is 13.2 Å². The van der Waals surface area contributed by atoms with Crippen molar-refractivity contribution in [2.45, 2.75) is 26.2 Å². The van der Waals surface area contributed by atoms with E-state index in [1.165, 1.54) is 6.42 Å². The molecule has 6 heteroatoms. The summed E-state index contributed by atoms with van der Waals surface area (Å²) in [5, 5.41) is 6.68. The molecular weight excluding hydrogens is 302 g/mol. The smallest absolute Gasteiger partial charge is 0.191 e. The number of guanidine groups is 1. The number of aliphatic imine (C=N–C) groups is 1. The van der Waals surface area contributed by atoms with E-state index in [0.29, 0.717) is 0 Å². The van der Waals surface area contributed by atoms with Gasteiger partial charge in [-0.3, -0.25) is 14.9 Å². The number of nitrogens with one attached hydrogen (secondary N) is 2. The van der Waals surface area contributed by atoms with Gasteiger partial charge in [0, 0.05) is 51.0 Å². The lowest BCUT2D eigenvalue weighted by atomic mass is 10.2. The molecule has 0 aromatic carbocycles. The van der Waals surface area contributed by atoms with E-state index in [4.69, 9.17) is 4.74 Å². The number of morpholine rings is 1. The summed E-state index contributed by atoms with van der Waals surface area (Å²) in [6.45, 7) is 9.73. The van der Waals surface area contributed by atoms with Gasteiger partial charge in [-0.25, -0.2) is 0 Å². The van der Waals surface area contributed by atoms with E-state index in [0.717, 1.165) is 77.0 Å². The Bertz CT molecular complexity index is 460. The molecular formula is C18H31N5O. The molecule has 0 spiro atoms. The van der Waals surface area contributed by atoms with Gasteiger partial charge in [-0.2, -0.15) is 0 Å². The summed E-state index contributed by atoms with van der Waals surface area (Å²) in [7, 11) is 0. The minimum atomic E-state index is 0.844. The summed E-state index contributed by atoms with van der Waals surface area (Å²) in [5.41, 5.74) is 1.10. The average Bonchev–Trinajstić information content (AvgIpc) is 2.63. The van der Waals surface area contributed by atoms with Crippen molar-refractivity contribution >= 4 is 5.96 Å². The van der Waals surface area contributed by atoms with Crippen LogP contribution in [0.1, 0.15) is 25.5 Å². The number of aromatic nitrogens is 1. The highest BCUT2D eigenvalue weighted by molar-refractivity contribution is 5.79. The number of pyridine rings is 1. The maximum atomic E-state index is 5.37. The molecule has 0 aliphatic carbocycles. The van der Waals surface area contributed by atoms with E-state index in [1.54, 1.807) is 0 Å². The Kier molecular flexibility index (Phi) is 9.19. The number of hydrogen-bond donors (Lipinski definition) is 2. The Morgan fingerprint density at radius 3 is 2.88 bits per heavy atom. The first-order chi connectivity index (χ1) is 11.9. The van der Waals surface area contributed by atoms with Crippen molar-refractivity contribution < 1.29 is 4.74 Å². The zero-order valence-corrected chi connectivity index (χ0v) is 14.8. The van der Waals surface area contributed by atoms with E-state index >= 15 is 0 Å². The third kappa shape index (κ3) is 7.75. The van der Waals surface area contributed by atoms with Crippen LogP contribution < -0.4 is 10.6 Å². The fraction of sp³-hybridized carbons (Fsp3) is 0.667. The summed E-state index contributed by atoms with van der Waals surface area (Å²) in [5.74, 6) is 0.903. The monoisotopic (exact) mass is 333 g/mol. The fourth-order valence-electron chi connectivity index (χ4n) is 2.66. The van der Waals surface area contributed by atoms with Crippen LogP contribution in [0, 0.1) is 0 Å². The van der Waals surface area contributed by atoms with Gasteiger partial charge in [-0.05, 0) is 38.4 Å². The Hall–Kier alpha value is -1.66. The first-order valence-electron chi connectivity index (χ1n) is 9.10. The van der Waals surface area contributed by atoms with Crippen LogP contribution in [0.2, 0.25) is 0 Å². The highest BCUT2D eigenvalue weighted by atomic mass is 16.5. The van der Waals surface area contributed by atoms with Crippen molar-refractivity contribution in [3.05, 3.63) is 30.1 Å². The van der Waals surface area contributed by atoms with E-state index in [1.807, 2.05) is 18.3 Å². The average molecular weight is 333 g/mol. The molecule has 2 heterocycles. The predicted octanol–water partition coefficient (Wildman–Crippen LogP) is 1.29. The van der Waals surface area contributed by atoms with Gasteiger partial charge < -0.3 is 15.4 Å². The van der Waals surface area contributed by atoms with Crippen LogP contribution in [0.5, 0.6) is 0 Å². The second kappa shape index (κ2) is 11.8. The van der Waals surface area contributed by atoms with Crippen molar-refractivity contribution in [2.75, 3.05) is 52.5 Å². The number of nitrogens with zero attached hydrogens (tertiary/aromatic N) is 3. The van der Waals surface area contributed by atoms with Gasteiger partial charge in [0.2, 0.25) is 0 Å². The quantitative estimate of drug-likeness (QED) is 0.405. The van der Waals surface area contributed by atoms with Gasteiger partial charge in [-0.15, -0.1) is 0 Å². The molecule has 0 radical (unpaired) electrons. The topological polar surface area (TPSA) is 61.8 Å². The first-order valence-corrected chi connectivity index (χ1v) is 9.10. The zero-order valence-electron chi connectivity index (χ0n) is 14.8. The lowest BCUT2D eigenvalue weighted by Gasteiger charge is -2.26. The van der Waals surface area contributed by atoms with Gasteiger partial charge >= 0.3 is 0 Å². The van der Waals surface area contributed by atoms with E-state index in [9.17, 15) is 0 Å². The molecule has 0 amide bonds. The summed E-state index contributed by atoms with van der Waals surface area (Å²) in [6.07, 6.45) is 5.05. The standard InChI is InChI=1S/C18H31N5O/c1-2-19-18(22-11-8-17-7-3-4-9-20-17)21-10-5-6-12-23-13-15-24-16-14-23/h3-4,7,9H,2,5-6,8,10-16H2,1H3,(H2,19,21,22). The van der Waals surface area contributed by atoms with Crippen LogP contribution in [-0.2, 0) is 11.2 Å². The van der Waals surface area contributed by atoms with Crippen molar-refractivity contribution in [2.24, 2.45) is 4.99 Å². The molecule has 1 aliphatic heterocycles. The van der Waals surface area contributed by atoms with Crippen molar-refractivity contribution in [3.8, 4) is 0 Å². The molecule has 0 atom stereocenters. The molecule has 24 heavy (non-hydrogen) atoms. The minimum absolute atomic E-state index is 0.844. The molecule has 1 aromatic heterocycles. The number of hydrogen-bond acceptors (Lipinski definition) is 4.